The van der Waals surface area contributed by atoms with Gasteiger partial charge in [-0.3, -0.25) is 14.4 Å². The zero-order chi connectivity index (χ0) is 35.9. The lowest BCUT2D eigenvalue weighted by atomic mass is 10.0. The normalized spacial score (nSPS) is 16.4. The van der Waals surface area contributed by atoms with Gasteiger partial charge in [0.1, 0.15) is 36.6 Å². The van der Waals surface area contributed by atoms with E-state index in [-0.39, 0.29) is 24.9 Å². The zero-order valence-corrected chi connectivity index (χ0v) is 29.5. The predicted octanol–water partition coefficient (Wildman–Crippen LogP) is 3.84. The number of nitrogens with zero attached hydrogens (tertiary/aromatic N) is 1. The Hall–Kier alpha value is -4.16. The number of hydrogen-bond acceptors (Lipinski definition) is 8. The lowest BCUT2D eigenvalue weighted by molar-refractivity contribution is -0.143. The highest BCUT2D eigenvalue weighted by atomic mass is 16.6. The number of carbonyl (C=O) groups is 6. The lowest BCUT2D eigenvalue weighted by Gasteiger charge is -2.32. The number of unbranched alkanes of at least 4 members (excludes halogenated alkanes) is 1. The first-order chi connectivity index (χ1) is 22.6. The van der Waals surface area contributed by atoms with Gasteiger partial charge in [-0.25, -0.2) is 9.59 Å². The molecular formula is C35H55N5O8. The number of amides is 5. The first kappa shape index (κ1) is 40.0. The number of rotatable bonds is 17. The maximum absolute atomic E-state index is 13.8. The van der Waals surface area contributed by atoms with Gasteiger partial charge in [0, 0.05) is 13.1 Å². The molecule has 0 spiro atoms. The maximum atomic E-state index is 13.8. The molecule has 13 heteroatoms. The van der Waals surface area contributed by atoms with Crippen LogP contribution in [0.2, 0.25) is 0 Å². The molecule has 0 radical (unpaired) electrons. The van der Waals surface area contributed by atoms with Crippen LogP contribution < -0.4 is 21.3 Å². The van der Waals surface area contributed by atoms with Crippen molar-refractivity contribution in [1.29, 1.82) is 0 Å². The zero-order valence-electron chi connectivity index (χ0n) is 29.5. The second-order valence-electron chi connectivity index (χ2n) is 14.0. The van der Waals surface area contributed by atoms with Crippen molar-refractivity contribution in [2.24, 2.45) is 11.8 Å². The molecule has 13 nitrogen and oxygen atoms in total. The second kappa shape index (κ2) is 19.6. The summed E-state index contributed by atoms with van der Waals surface area (Å²) >= 11 is 0. The molecule has 1 aromatic rings. The highest BCUT2D eigenvalue weighted by Crippen LogP contribution is 2.21. The molecule has 0 unspecified atom stereocenters. The average Bonchev–Trinajstić information content (AvgIpc) is 3.51. The van der Waals surface area contributed by atoms with Crippen molar-refractivity contribution < 1.29 is 38.2 Å². The minimum absolute atomic E-state index is 0.144. The molecule has 0 aliphatic carbocycles. The second-order valence-corrected chi connectivity index (χ2v) is 14.0. The highest BCUT2D eigenvalue weighted by molar-refractivity contribution is 5.94. The van der Waals surface area contributed by atoms with Crippen molar-refractivity contribution in [3.8, 4) is 0 Å². The van der Waals surface area contributed by atoms with Gasteiger partial charge < -0.3 is 40.4 Å². The van der Waals surface area contributed by atoms with Gasteiger partial charge in [0.05, 0.1) is 6.04 Å². The molecule has 1 aliphatic heterocycles. The summed E-state index contributed by atoms with van der Waals surface area (Å²) in [5.41, 5.74) is 0.0687. The molecule has 1 aromatic carbocycles. The van der Waals surface area contributed by atoms with Crippen molar-refractivity contribution in [2.45, 2.75) is 123 Å². The number of ether oxygens (including phenoxy) is 2. The fraction of sp³-hybridized carbons (Fsp3) is 0.657. The fourth-order valence-electron chi connectivity index (χ4n) is 5.34. The van der Waals surface area contributed by atoms with Crippen LogP contribution in [0.25, 0.3) is 0 Å². The molecule has 0 bridgehead atoms. The van der Waals surface area contributed by atoms with Crippen LogP contribution in [0, 0.1) is 11.8 Å². The minimum Gasteiger partial charge on any atom is -0.445 e. The number of nitrogens with one attached hydrogen (secondary N) is 4. The van der Waals surface area contributed by atoms with Crippen LogP contribution in [0.15, 0.2) is 30.3 Å². The molecule has 268 valence electrons. The fourth-order valence-corrected chi connectivity index (χ4v) is 5.34. The Kier molecular flexibility index (Phi) is 16.3. The summed E-state index contributed by atoms with van der Waals surface area (Å²) in [5.74, 6) is -1.50. The summed E-state index contributed by atoms with van der Waals surface area (Å²) in [5, 5.41) is 10.9. The summed E-state index contributed by atoms with van der Waals surface area (Å²) in [7, 11) is 0. The van der Waals surface area contributed by atoms with Crippen molar-refractivity contribution >= 4 is 36.2 Å². The van der Waals surface area contributed by atoms with E-state index in [1.54, 1.807) is 34.6 Å². The Morgan fingerprint density at radius 2 is 1.65 bits per heavy atom. The lowest BCUT2D eigenvalue weighted by Crippen LogP contribution is -2.58. The third-order valence-electron chi connectivity index (χ3n) is 7.70. The SMILES string of the molecule is CC(C)C[C@@H](C=O)NC(=O)[C@@H]1CCCN1C(=O)[C@@H](NC(=O)[C@H](CCCCNC(=O)OCc1ccccc1)NC(=O)OC(C)(C)C)C(C)C. The third-order valence-corrected chi connectivity index (χ3v) is 7.70. The molecule has 1 saturated heterocycles. The standard InChI is InChI=1S/C35H55N5O8/c1-23(2)20-26(21-41)37-31(43)28-17-13-19-40(28)32(44)29(24(3)4)39-30(42)27(38-34(46)48-35(5,6)7)16-11-12-18-36-33(45)47-22-25-14-9-8-10-15-25/h8-10,14-15,21,23-24,26-29H,11-13,16-20,22H2,1-7H3,(H,36,45)(H,37,43)(H,38,46)(H,39,42)/t26-,27-,28-,29-/m0/s1. The Bertz CT molecular complexity index is 1220. The number of aldehydes is 1. The number of carbonyl (C=O) groups excluding carboxylic acids is 6. The Labute approximate surface area is 284 Å². The van der Waals surface area contributed by atoms with Gasteiger partial charge in [-0.1, -0.05) is 58.0 Å². The topological polar surface area (TPSA) is 172 Å². The molecule has 1 fully saturated rings. The Morgan fingerprint density at radius 1 is 0.958 bits per heavy atom. The van der Waals surface area contributed by atoms with Gasteiger partial charge in [-0.05, 0) is 76.7 Å². The highest BCUT2D eigenvalue weighted by Gasteiger charge is 2.40. The van der Waals surface area contributed by atoms with E-state index in [1.807, 2.05) is 44.2 Å². The third kappa shape index (κ3) is 14.3. The van der Waals surface area contributed by atoms with Gasteiger partial charge in [-0.2, -0.15) is 0 Å². The first-order valence-corrected chi connectivity index (χ1v) is 16.9. The van der Waals surface area contributed by atoms with Gasteiger partial charge in [0.2, 0.25) is 17.7 Å². The van der Waals surface area contributed by atoms with Gasteiger partial charge in [-0.15, -0.1) is 0 Å². The summed E-state index contributed by atoms with van der Waals surface area (Å²) in [6.07, 6.45) is 2.07. The Morgan fingerprint density at radius 3 is 2.25 bits per heavy atom. The van der Waals surface area contributed by atoms with Gasteiger partial charge in [0.15, 0.2) is 0 Å². The van der Waals surface area contributed by atoms with Crippen molar-refractivity contribution in [3.63, 3.8) is 0 Å². The van der Waals surface area contributed by atoms with E-state index in [1.165, 1.54) is 4.90 Å². The molecule has 1 aliphatic rings. The smallest absolute Gasteiger partial charge is 0.408 e. The van der Waals surface area contributed by atoms with Crippen LogP contribution in [0.1, 0.15) is 92.6 Å². The molecule has 4 N–H and O–H groups in total. The van der Waals surface area contributed by atoms with E-state index in [4.69, 9.17) is 9.47 Å². The van der Waals surface area contributed by atoms with Crippen LogP contribution in [-0.2, 0) is 35.3 Å². The molecule has 1 heterocycles. The summed E-state index contributed by atoms with van der Waals surface area (Å²) < 4.78 is 10.6. The van der Waals surface area contributed by atoms with E-state index in [0.29, 0.717) is 51.5 Å². The van der Waals surface area contributed by atoms with E-state index < -0.39 is 59.7 Å². The predicted molar refractivity (Wildman–Crippen MR) is 181 cm³/mol. The van der Waals surface area contributed by atoms with E-state index in [0.717, 1.165) is 5.56 Å². The van der Waals surface area contributed by atoms with Crippen LogP contribution in [0.3, 0.4) is 0 Å². The largest absolute Gasteiger partial charge is 0.445 e. The van der Waals surface area contributed by atoms with E-state index >= 15 is 0 Å². The molecule has 5 amide bonds. The average molecular weight is 674 g/mol. The molecule has 48 heavy (non-hydrogen) atoms. The number of benzene rings is 1. The molecule has 4 atom stereocenters. The monoisotopic (exact) mass is 673 g/mol. The summed E-state index contributed by atoms with van der Waals surface area (Å²) in [6.45, 7) is 13.4. The van der Waals surface area contributed by atoms with Crippen LogP contribution in [0.4, 0.5) is 9.59 Å². The van der Waals surface area contributed by atoms with Crippen LogP contribution >= 0.6 is 0 Å². The van der Waals surface area contributed by atoms with E-state index in [2.05, 4.69) is 21.3 Å². The number of likely N-dealkylation sites (tertiary alicyclic amines) is 1. The number of hydrogen-bond donors (Lipinski definition) is 4. The first-order valence-electron chi connectivity index (χ1n) is 16.9. The van der Waals surface area contributed by atoms with Gasteiger partial charge >= 0.3 is 12.2 Å². The van der Waals surface area contributed by atoms with Crippen LogP contribution in [-0.4, -0.2) is 84.0 Å². The Balaban J connectivity index is 2.03. The molecular weight excluding hydrogens is 618 g/mol. The summed E-state index contributed by atoms with van der Waals surface area (Å²) in [6, 6.07) is 5.90. The molecule has 0 aromatic heterocycles. The minimum atomic E-state index is -1.03. The van der Waals surface area contributed by atoms with Gasteiger partial charge in [0.25, 0.3) is 0 Å². The van der Waals surface area contributed by atoms with Crippen molar-refractivity contribution in [3.05, 3.63) is 35.9 Å². The van der Waals surface area contributed by atoms with Crippen molar-refractivity contribution in [1.82, 2.24) is 26.2 Å². The van der Waals surface area contributed by atoms with Crippen LogP contribution in [0.5, 0.6) is 0 Å². The van der Waals surface area contributed by atoms with E-state index in [9.17, 15) is 28.8 Å². The maximum Gasteiger partial charge on any atom is 0.408 e. The van der Waals surface area contributed by atoms with Crippen molar-refractivity contribution in [2.75, 3.05) is 13.1 Å². The molecule has 0 saturated carbocycles. The quantitative estimate of drug-likeness (QED) is 0.143. The number of alkyl carbamates (subject to hydrolysis) is 2. The molecule has 2 rings (SSSR count). The summed E-state index contributed by atoms with van der Waals surface area (Å²) in [4.78, 5) is 78.3.